The number of hydrogen-bond acceptors (Lipinski definition) is 4. The molecule has 1 unspecified atom stereocenters. The highest BCUT2D eigenvalue weighted by Crippen LogP contribution is 2.27. The van der Waals surface area contributed by atoms with Crippen molar-refractivity contribution in [2.45, 2.75) is 44.9 Å². The van der Waals surface area contributed by atoms with Crippen molar-refractivity contribution >= 4 is 5.69 Å². The van der Waals surface area contributed by atoms with Gasteiger partial charge in [0.25, 0.3) is 0 Å². The van der Waals surface area contributed by atoms with Gasteiger partial charge in [-0.25, -0.2) is 0 Å². The number of rotatable bonds is 5. The molecule has 1 atom stereocenters. The van der Waals surface area contributed by atoms with Gasteiger partial charge in [-0.15, -0.1) is 0 Å². The zero-order valence-corrected chi connectivity index (χ0v) is 11.9. The molecule has 1 aromatic rings. The third kappa shape index (κ3) is 3.07. The number of aromatic nitrogens is 1. The van der Waals surface area contributed by atoms with Crippen molar-refractivity contribution < 1.29 is 4.74 Å². The molecule has 2 fully saturated rings. The number of nitrogens with zero attached hydrogens (tertiary/aromatic N) is 2. The lowest BCUT2D eigenvalue weighted by Crippen LogP contribution is -2.25. The molecule has 0 amide bonds. The maximum atomic E-state index is 5.47. The summed E-state index contributed by atoms with van der Waals surface area (Å²) >= 11 is 0. The van der Waals surface area contributed by atoms with Crippen molar-refractivity contribution in [3.8, 4) is 0 Å². The summed E-state index contributed by atoms with van der Waals surface area (Å²) in [6.07, 6.45) is 6.17. The second kappa shape index (κ2) is 5.47. The molecule has 0 radical (unpaired) electrons. The Hall–Kier alpha value is -1.13. The van der Waals surface area contributed by atoms with Crippen LogP contribution in [0.2, 0.25) is 0 Å². The van der Waals surface area contributed by atoms with E-state index < -0.39 is 0 Å². The largest absolute Gasteiger partial charge is 0.380 e. The lowest BCUT2D eigenvalue weighted by atomic mass is 10.2. The molecule has 1 saturated heterocycles. The van der Waals surface area contributed by atoms with Crippen LogP contribution in [0.3, 0.4) is 0 Å². The Morgan fingerprint density at radius 3 is 2.95 bits per heavy atom. The molecule has 1 aliphatic heterocycles. The van der Waals surface area contributed by atoms with Gasteiger partial charge in [0, 0.05) is 55.9 Å². The zero-order chi connectivity index (χ0) is 13.2. The Bertz CT molecular complexity index is 445. The van der Waals surface area contributed by atoms with E-state index >= 15 is 0 Å². The van der Waals surface area contributed by atoms with Gasteiger partial charge in [-0.1, -0.05) is 0 Å². The van der Waals surface area contributed by atoms with Crippen LogP contribution in [0.1, 0.15) is 30.5 Å². The number of ether oxygens (including phenoxy) is 1. The minimum absolute atomic E-state index is 0.373. The van der Waals surface area contributed by atoms with Crippen molar-refractivity contribution in [3.63, 3.8) is 0 Å². The molecule has 0 spiro atoms. The molecule has 1 saturated carbocycles. The van der Waals surface area contributed by atoms with Crippen LogP contribution in [0, 0.1) is 6.92 Å². The first-order chi connectivity index (χ1) is 9.26. The molecule has 19 heavy (non-hydrogen) atoms. The van der Waals surface area contributed by atoms with E-state index in [9.17, 15) is 0 Å². The van der Waals surface area contributed by atoms with E-state index in [0.29, 0.717) is 6.10 Å². The predicted octanol–water partition coefficient (Wildman–Crippen LogP) is 1.87. The molecular weight excluding hydrogens is 238 g/mol. The quantitative estimate of drug-likeness (QED) is 0.878. The Kier molecular flexibility index (Phi) is 3.71. The summed E-state index contributed by atoms with van der Waals surface area (Å²) in [4.78, 5) is 6.89. The van der Waals surface area contributed by atoms with Crippen molar-refractivity contribution in [2.24, 2.45) is 0 Å². The van der Waals surface area contributed by atoms with Crippen LogP contribution in [-0.4, -0.2) is 37.3 Å². The summed E-state index contributed by atoms with van der Waals surface area (Å²) < 4.78 is 5.47. The zero-order valence-electron chi connectivity index (χ0n) is 11.9. The smallest absolute Gasteiger partial charge is 0.0762 e. The van der Waals surface area contributed by atoms with E-state index in [-0.39, 0.29) is 0 Å². The van der Waals surface area contributed by atoms with Gasteiger partial charge >= 0.3 is 0 Å². The van der Waals surface area contributed by atoms with E-state index in [0.717, 1.165) is 37.8 Å². The first-order valence-corrected chi connectivity index (χ1v) is 7.23. The molecule has 4 heteroatoms. The summed E-state index contributed by atoms with van der Waals surface area (Å²) in [7, 11) is 1.81. The average Bonchev–Trinajstić information content (AvgIpc) is 3.13. The van der Waals surface area contributed by atoms with E-state index in [1.807, 2.05) is 13.3 Å². The highest BCUT2D eigenvalue weighted by atomic mass is 16.5. The van der Waals surface area contributed by atoms with E-state index in [1.165, 1.54) is 24.1 Å². The Balaban J connectivity index is 1.75. The highest BCUT2D eigenvalue weighted by molar-refractivity contribution is 5.54. The molecule has 1 aliphatic carbocycles. The minimum atomic E-state index is 0.373. The molecule has 0 aromatic carbocycles. The summed E-state index contributed by atoms with van der Waals surface area (Å²) in [6, 6.07) is 2.95. The molecule has 1 aromatic heterocycles. The third-order valence-electron chi connectivity index (χ3n) is 4.08. The molecule has 3 rings (SSSR count). The second-order valence-electron chi connectivity index (χ2n) is 5.70. The van der Waals surface area contributed by atoms with Gasteiger partial charge in [0.05, 0.1) is 6.10 Å². The SMILES string of the molecule is COC1CCN(c2cc(C)ncc2CNC2CC2)C1. The lowest BCUT2D eigenvalue weighted by Gasteiger charge is -2.22. The molecular formula is C15H23N3O. The lowest BCUT2D eigenvalue weighted by molar-refractivity contribution is 0.121. The van der Waals surface area contributed by atoms with Crippen molar-refractivity contribution in [1.82, 2.24) is 10.3 Å². The molecule has 2 aliphatic rings. The predicted molar refractivity (Wildman–Crippen MR) is 76.5 cm³/mol. The van der Waals surface area contributed by atoms with E-state index in [2.05, 4.69) is 28.2 Å². The van der Waals surface area contributed by atoms with Gasteiger partial charge in [0.1, 0.15) is 0 Å². The fraction of sp³-hybridized carbons (Fsp3) is 0.667. The average molecular weight is 261 g/mol. The van der Waals surface area contributed by atoms with Crippen LogP contribution >= 0.6 is 0 Å². The Labute approximate surface area is 115 Å². The molecule has 2 heterocycles. The van der Waals surface area contributed by atoms with Crippen LogP contribution in [0.5, 0.6) is 0 Å². The summed E-state index contributed by atoms with van der Waals surface area (Å²) in [5, 5.41) is 3.58. The van der Waals surface area contributed by atoms with E-state index in [1.54, 1.807) is 0 Å². The van der Waals surface area contributed by atoms with Gasteiger partial charge in [0.15, 0.2) is 0 Å². The number of pyridine rings is 1. The topological polar surface area (TPSA) is 37.4 Å². The normalized spacial score (nSPS) is 23.1. The fourth-order valence-electron chi connectivity index (χ4n) is 2.69. The highest BCUT2D eigenvalue weighted by Gasteiger charge is 2.25. The van der Waals surface area contributed by atoms with Crippen molar-refractivity contribution in [3.05, 3.63) is 23.5 Å². The Morgan fingerprint density at radius 2 is 2.26 bits per heavy atom. The first-order valence-electron chi connectivity index (χ1n) is 7.23. The van der Waals surface area contributed by atoms with Crippen LogP contribution in [0.15, 0.2) is 12.3 Å². The number of methoxy groups -OCH3 is 1. The van der Waals surface area contributed by atoms with Crippen LogP contribution < -0.4 is 10.2 Å². The summed E-state index contributed by atoms with van der Waals surface area (Å²) in [6.45, 7) is 5.07. The van der Waals surface area contributed by atoms with Gasteiger partial charge in [-0.2, -0.15) is 0 Å². The van der Waals surface area contributed by atoms with Crippen LogP contribution in [0.4, 0.5) is 5.69 Å². The van der Waals surface area contributed by atoms with Gasteiger partial charge in [-0.3, -0.25) is 4.98 Å². The van der Waals surface area contributed by atoms with Crippen LogP contribution in [0.25, 0.3) is 0 Å². The van der Waals surface area contributed by atoms with Gasteiger partial charge in [0.2, 0.25) is 0 Å². The van der Waals surface area contributed by atoms with Gasteiger partial charge < -0.3 is 15.0 Å². The number of nitrogens with one attached hydrogen (secondary N) is 1. The number of hydrogen-bond donors (Lipinski definition) is 1. The van der Waals surface area contributed by atoms with Gasteiger partial charge in [-0.05, 0) is 32.3 Å². The molecule has 4 nitrogen and oxygen atoms in total. The Morgan fingerprint density at radius 1 is 1.42 bits per heavy atom. The fourth-order valence-corrected chi connectivity index (χ4v) is 2.69. The monoisotopic (exact) mass is 261 g/mol. The first kappa shape index (κ1) is 12.9. The van der Waals surface area contributed by atoms with Crippen LogP contribution in [-0.2, 0) is 11.3 Å². The molecule has 1 N–H and O–H groups in total. The maximum Gasteiger partial charge on any atom is 0.0762 e. The number of anilines is 1. The second-order valence-corrected chi connectivity index (χ2v) is 5.70. The molecule has 0 bridgehead atoms. The van der Waals surface area contributed by atoms with Crippen molar-refractivity contribution in [1.29, 1.82) is 0 Å². The van der Waals surface area contributed by atoms with Crippen molar-refractivity contribution in [2.75, 3.05) is 25.1 Å². The van der Waals surface area contributed by atoms with E-state index in [4.69, 9.17) is 4.74 Å². The standard InChI is InChI=1S/C15H23N3O/c1-11-7-15(18-6-5-14(10-18)19-2)12(8-16-11)9-17-13-3-4-13/h7-8,13-14,17H,3-6,9-10H2,1-2H3. The number of aryl methyl sites for hydroxylation is 1. The third-order valence-corrected chi connectivity index (χ3v) is 4.08. The summed E-state index contributed by atoms with van der Waals surface area (Å²) in [5.74, 6) is 0. The minimum Gasteiger partial charge on any atom is -0.380 e. The summed E-state index contributed by atoms with van der Waals surface area (Å²) in [5.41, 5.74) is 3.74. The molecule has 104 valence electrons. The maximum absolute atomic E-state index is 5.47.